The van der Waals surface area contributed by atoms with Gasteiger partial charge in [-0.25, -0.2) is 4.98 Å². The van der Waals surface area contributed by atoms with Crippen LogP contribution in [0.15, 0.2) is 24.3 Å². The predicted octanol–water partition coefficient (Wildman–Crippen LogP) is 3.97. The van der Waals surface area contributed by atoms with E-state index < -0.39 is 0 Å². The number of aromatic nitrogens is 2. The number of nitrogens with one attached hydrogen (secondary N) is 1. The molecule has 1 aromatic heterocycles. The molecule has 1 heterocycles. The van der Waals surface area contributed by atoms with Crippen molar-refractivity contribution in [1.29, 1.82) is 0 Å². The molecule has 0 radical (unpaired) electrons. The molecule has 0 aliphatic heterocycles. The molecular formula is C14H16ClN3O. The van der Waals surface area contributed by atoms with Gasteiger partial charge in [-0.2, -0.15) is 4.98 Å². The van der Waals surface area contributed by atoms with Crippen molar-refractivity contribution in [2.75, 3.05) is 11.9 Å². The standard InChI is InChI=1S/C14H16ClN3O/c1-4-16-13-8-14(18-10(3)17-13)19-12-7-9(2)5-6-11(12)15/h5-8H,4H2,1-3H3,(H,16,17,18). The van der Waals surface area contributed by atoms with Gasteiger partial charge in [0.2, 0.25) is 5.88 Å². The van der Waals surface area contributed by atoms with Gasteiger partial charge in [0.15, 0.2) is 0 Å². The van der Waals surface area contributed by atoms with E-state index in [2.05, 4.69) is 15.3 Å². The molecule has 0 saturated carbocycles. The SMILES string of the molecule is CCNc1cc(Oc2cc(C)ccc2Cl)nc(C)n1. The van der Waals surface area contributed by atoms with Gasteiger partial charge in [-0.05, 0) is 38.5 Å². The molecule has 0 spiro atoms. The van der Waals surface area contributed by atoms with Crippen LogP contribution in [-0.2, 0) is 0 Å². The summed E-state index contributed by atoms with van der Waals surface area (Å²) in [6, 6.07) is 7.39. The minimum Gasteiger partial charge on any atom is -0.437 e. The van der Waals surface area contributed by atoms with E-state index in [1.165, 1.54) is 0 Å². The van der Waals surface area contributed by atoms with Crippen molar-refractivity contribution < 1.29 is 4.74 Å². The lowest BCUT2D eigenvalue weighted by Gasteiger charge is -2.10. The van der Waals surface area contributed by atoms with Crippen molar-refractivity contribution in [1.82, 2.24) is 9.97 Å². The van der Waals surface area contributed by atoms with Crippen molar-refractivity contribution in [2.24, 2.45) is 0 Å². The molecule has 0 atom stereocenters. The van der Waals surface area contributed by atoms with Gasteiger partial charge in [0, 0.05) is 12.6 Å². The van der Waals surface area contributed by atoms with Gasteiger partial charge in [-0.3, -0.25) is 0 Å². The van der Waals surface area contributed by atoms with E-state index in [0.717, 1.165) is 17.9 Å². The first kappa shape index (κ1) is 13.6. The molecule has 5 heteroatoms. The highest BCUT2D eigenvalue weighted by Gasteiger charge is 2.07. The van der Waals surface area contributed by atoms with Crippen LogP contribution >= 0.6 is 11.6 Å². The van der Waals surface area contributed by atoms with E-state index in [9.17, 15) is 0 Å². The topological polar surface area (TPSA) is 47.0 Å². The molecule has 2 rings (SSSR count). The van der Waals surface area contributed by atoms with Crippen LogP contribution in [0.2, 0.25) is 5.02 Å². The van der Waals surface area contributed by atoms with Crippen LogP contribution in [0.3, 0.4) is 0 Å². The van der Waals surface area contributed by atoms with E-state index in [0.29, 0.717) is 22.5 Å². The number of hydrogen-bond donors (Lipinski definition) is 1. The average molecular weight is 278 g/mol. The number of aryl methyl sites for hydroxylation is 2. The summed E-state index contributed by atoms with van der Waals surface area (Å²) < 4.78 is 5.73. The molecule has 0 aliphatic carbocycles. The maximum atomic E-state index is 6.10. The summed E-state index contributed by atoms with van der Waals surface area (Å²) in [6.45, 7) is 6.61. The fraction of sp³-hybridized carbons (Fsp3) is 0.286. The van der Waals surface area contributed by atoms with Crippen LogP contribution in [0.5, 0.6) is 11.6 Å². The van der Waals surface area contributed by atoms with Crippen LogP contribution in [0.1, 0.15) is 18.3 Å². The molecule has 100 valence electrons. The Kier molecular flexibility index (Phi) is 4.22. The summed E-state index contributed by atoms with van der Waals surface area (Å²) in [6.07, 6.45) is 0. The Balaban J connectivity index is 2.29. The number of benzene rings is 1. The maximum absolute atomic E-state index is 6.10. The van der Waals surface area contributed by atoms with Crippen LogP contribution in [0.25, 0.3) is 0 Å². The molecule has 0 fully saturated rings. The molecule has 4 nitrogen and oxygen atoms in total. The number of halogens is 1. The van der Waals surface area contributed by atoms with E-state index in [1.54, 1.807) is 6.07 Å². The Bertz CT molecular complexity index is 587. The van der Waals surface area contributed by atoms with Crippen LogP contribution < -0.4 is 10.1 Å². The summed E-state index contributed by atoms with van der Waals surface area (Å²) in [5, 5.41) is 3.70. The quantitative estimate of drug-likeness (QED) is 0.918. The van der Waals surface area contributed by atoms with Crippen LogP contribution in [-0.4, -0.2) is 16.5 Å². The summed E-state index contributed by atoms with van der Waals surface area (Å²) in [7, 11) is 0. The number of anilines is 1. The number of nitrogens with zero attached hydrogens (tertiary/aromatic N) is 2. The third-order valence-corrected chi connectivity index (χ3v) is 2.79. The van der Waals surface area contributed by atoms with Crippen molar-refractivity contribution in [3.05, 3.63) is 40.7 Å². The van der Waals surface area contributed by atoms with E-state index >= 15 is 0 Å². The van der Waals surface area contributed by atoms with Gasteiger partial charge in [-0.1, -0.05) is 17.7 Å². The molecule has 0 unspecified atom stereocenters. The molecule has 2 aromatic rings. The second-order valence-corrected chi connectivity index (χ2v) is 4.61. The number of hydrogen-bond acceptors (Lipinski definition) is 4. The average Bonchev–Trinajstić information content (AvgIpc) is 2.33. The van der Waals surface area contributed by atoms with Gasteiger partial charge >= 0.3 is 0 Å². The molecule has 0 aliphatic rings. The highest BCUT2D eigenvalue weighted by Crippen LogP contribution is 2.29. The highest BCUT2D eigenvalue weighted by molar-refractivity contribution is 6.32. The lowest BCUT2D eigenvalue weighted by molar-refractivity contribution is 0.460. The Morgan fingerprint density at radius 1 is 1.21 bits per heavy atom. The normalized spacial score (nSPS) is 10.3. The van der Waals surface area contributed by atoms with Crippen molar-refractivity contribution in [2.45, 2.75) is 20.8 Å². The third kappa shape index (κ3) is 3.58. The van der Waals surface area contributed by atoms with Crippen molar-refractivity contribution in [3.8, 4) is 11.6 Å². The second-order valence-electron chi connectivity index (χ2n) is 4.20. The lowest BCUT2D eigenvalue weighted by Crippen LogP contribution is -2.02. The fourth-order valence-electron chi connectivity index (χ4n) is 1.67. The zero-order valence-electron chi connectivity index (χ0n) is 11.2. The van der Waals surface area contributed by atoms with Crippen molar-refractivity contribution >= 4 is 17.4 Å². The maximum Gasteiger partial charge on any atom is 0.224 e. The van der Waals surface area contributed by atoms with E-state index in [1.807, 2.05) is 39.0 Å². The van der Waals surface area contributed by atoms with Gasteiger partial charge in [0.1, 0.15) is 17.4 Å². The second kappa shape index (κ2) is 5.89. The zero-order valence-corrected chi connectivity index (χ0v) is 12.0. The molecule has 1 N–H and O–H groups in total. The Morgan fingerprint density at radius 2 is 2.00 bits per heavy atom. The molecule has 0 amide bonds. The summed E-state index contributed by atoms with van der Waals surface area (Å²) >= 11 is 6.10. The first-order valence-corrected chi connectivity index (χ1v) is 6.50. The fourth-order valence-corrected chi connectivity index (χ4v) is 1.82. The molecular weight excluding hydrogens is 262 g/mol. The van der Waals surface area contributed by atoms with Gasteiger partial charge in [0.25, 0.3) is 0 Å². The Morgan fingerprint density at radius 3 is 2.74 bits per heavy atom. The van der Waals surface area contributed by atoms with Gasteiger partial charge in [-0.15, -0.1) is 0 Å². The summed E-state index contributed by atoms with van der Waals surface area (Å²) in [4.78, 5) is 8.52. The van der Waals surface area contributed by atoms with E-state index in [-0.39, 0.29) is 0 Å². The highest BCUT2D eigenvalue weighted by atomic mass is 35.5. The predicted molar refractivity (Wildman–Crippen MR) is 77.2 cm³/mol. The van der Waals surface area contributed by atoms with Gasteiger partial charge in [0.05, 0.1) is 5.02 Å². The van der Waals surface area contributed by atoms with Crippen molar-refractivity contribution in [3.63, 3.8) is 0 Å². The Hall–Kier alpha value is -1.81. The number of ether oxygens (including phenoxy) is 1. The lowest BCUT2D eigenvalue weighted by atomic mass is 10.2. The molecule has 1 aromatic carbocycles. The minimum absolute atomic E-state index is 0.482. The van der Waals surface area contributed by atoms with Gasteiger partial charge < -0.3 is 10.1 Å². The summed E-state index contributed by atoms with van der Waals surface area (Å²) in [5.41, 5.74) is 1.08. The minimum atomic E-state index is 0.482. The first-order chi connectivity index (χ1) is 9.08. The van der Waals surface area contributed by atoms with Crippen LogP contribution in [0.4, 0.5) is 5.82 Å². The molecule has 0 bridgehead atoms. The molecule has 0 saturated heterocycles. The Labute approximate surface area is 117 Å². The zero-order chi connectivity index (χ0) is 13.8. The summed E-state index contributed by atoms with van der Waals surface area (Å²) in [5.74, 6) is 2.48. The third-order valence-electron chi connectivity index (χ3n) is 2.47. The molecule has 19 heavy (non-hydrogen) atoms. The largest absolute Gasteiger partial charge is 0.437 e. The van der Waals surface area contributed by atoms with Crippen LogP contribution in [0, 0.1) is 13.8 Å². The number of rotatable bonds is 4. The first-order valence-electron chi connectivity index (χ1n) is 6.12. The monoisotopic (exact) mass is 277 g/mol. The smallest absolute Gasteiger partial charge is 0.224 e. The van der Waals surface area contributed by atoms with E-state index in [4.69, 9.17) is 16.3 Å².